The van der Waals surface area contributed by atoms with Crippen molar-refractivity contribution in [1.82, 2.24) is 19.9 Å². The first-order valence-electron chi connectivity index (χ1n) is 10.0. The lowest BCUT2D eigenvalue weighted by Gasteiger charge is -2.10. The molecular weight excluding hydrogens is 507 g/mol. The third-order valence-electron chi connectivity index (χ3n) is 4.47. The number of aromatic nitrogens is 4. The fraction of sp³-hybridized carbons (Fsp3) is 0.273. The van der Waals surface area contributed by atoms with Gasteiger partial charge in [-0.3, -0.25) is 9.59 Å². The minimum Gasteiger partial charge on any atom is -0.395 e. The first-order chi connectivity index (χ1) is 16.6. The van der Waals surface area contributed by atoms with Crippen LogP contribution < -0.4 is 5.32 Å². The number of hydrogen-bond acceptors (Lipinski definition) is 8. The molecule has 35 heavy (non-hydrogen) atoms. The van der Waals surface area contributed by atoms with Gasteiger partial charge in [-0.2, -0.15) is 13.2 Å². The third kappa shape index (κ3) is 7.05. The average Bonchev–Trinajstić information content (AvgIpc) is 3.31. The van der Waals surface area contributed by atoms with Crippen molar-refractivity contribution in [1.29, 1.82) is 0 Å². The Kier molecular flexibility index (Phi) is 8.50. The van der Waals surface area contributed by atoms with E-state index in [0.717, 1.165) is 17.5 Å². The Balaban J connectivity index is 1.66. The molecule has 0 aliphatic heterocycles. The van der Waals surface area contributed by atoms with Crippen LogP contribution in [0.5, 0.6) is 0 Å². The molecule has 0 spiro atoms. The van der Waals surface area contributed by atoms with Crippen LogP contribution in [-0.2, 0) is 6.18 Å². The fourth-order valence-electron chi connectivity index (χ4n) is 2.78. The molecule has 0 fully saturated rings. The van der Waals surface area contributed by atoms with Gasteiger partial charge >= 0.3 is 6.18 Å². The highest BCUT2D eigenvalue weighted by Crippen LogP contribution is 2.35. The number of anilines is 1. The number of halogens is 4. The van der Waals surface area contributed by atoms with E-state index in [4.69, 9.17) is 16.7 Å². The standard InChI is InChI=1S/C22H17ClF3N5O3S/c1-12(6-17(33)16-7-13(29-11-30-16)4-2-3-5-32)21-28-10-18(35-21)20(34)31-19-8-14(22(24,25)26)15(23)9-27-19/h7-12,32H,3,5-6H2,1H3,(H,27,31,34)/t12-/m1/s1. The molecule has 0 saturated heterocycles. The highest BCUT2D eigenvalue weighted by Gasteiger charge is 2.34. The van der Waals surface area contributed by atoms with Crippen molar-refractivity contribution in [3.63, 3.8) is 0 Å². The summed E-state index contributed by atoms with van der Waals surface area (Å²) in [5, 5.41) is 11.0. The fourth-order valence-corrected chi connectivity index (χ4v) is 3.85. The zero-order valence-corrected chi connectivity index (χ0v) is 19.6. The molecule has 0 saturated carbocycles. The van der Waals surface area contributed by atoms with Crippen LogP contribution in [0.2, 0.25) is 5.02 Å². The first kappa shape index (κ1) is 26.2. The molecule has 3 aromatic rings. The summed E-state index contributed by atoms with van der Waals surface area (Å²) in [5.41, 5.74) is -0.597. The first-order valence-corrected chi connectivity index (χ1v) is 11.2. The second kappa shape index (κ2) is 11.4. The number of thiazole rings is 1. The van der Waals surface area contributed by atoms with Crippen LogP contribution in [0.4, 0.5) is 19.0 Å². The minimum atomic E-state index is -4.70. The predicted octanol–water partition coefficient (Wildman–Crippen LogP) is 4.36. The van der Waals surface area contributed by atoms with Gasteiger partial charge in [0.1, 0.15) is 28.4 Å². The molecule has 0 unspecified atom stereocenters. The van der Waals surface area contributed by atoms with Gasteiger partial charge in [-0.15, -0.1) is 11.3 Å². The molecule has 0 bridgehead atoms. The minimum absolute atomic E-state index is 0.0444. The van der Waals surface area contributed by atoms with Crippen LogP contribution in [0.1, 0.15) is 62.1 Å². The number of pyridine rings is 1. The number of nitrogens with one attached hydrogen (secondary N) is 1. The van der Waals surface area contributed by atoms with Crippen molar-refractivity contribution in [3.05, 3.63) is 62.7 Å². The van der Waals surface area contributed by atoms with Gasteiger partial charge in [-0.25, -0.2) is 19.9 Å². The summed E-state index contributed by atoms with van der Waals surface area (Å²) in [6.45, 7) is 1.66. The number of Topliss-reactive ketones (excluding diaryl/α,β-unsaturated/α-hetero) is 1. The molecule has 3 heterocycles. The molecule has 0 aliphatic carbocycles. The summed E-state index contributed by atoms with van der Waals surface area (Å²) in [5.74, 6) is 3.79. The molecular formula is C22H17ClF3N5O3S. The number of aliphatic hydroxyl groups is 1. The van der Waals surface area contributed by atoms with E-state index in [1.807, 2.05) is 0 Å². The lowest BCUT2D eigenvalue weighted by molar-refractivity contribution is -0.137. The molecule has 3 rings (SSSR count). The zero-order chi connectivity index (χ0) is 25.6. The molecule has 0 aromatic carbocycles. The van der Waals surface area contributed by atoms with Gasteiger partial charge in [0.25, 0.3) is 5.91 Å². The number of amides is 1. The maximum atomic E-state index is 13.0. The van der Waals surface area contributed by atoms with Gasteiger partial charge in [-0.05, 0) is 12.0 Å². The largest absolute Gasteiger partial charge is 0.418 e. The van der Waals surface area contributed by atoms with Crippen molar-refractivity contribution in [2.24, 2.45) is 0 Å². The summed E-state index contributed by atoms with van der Waals surface area (Å²) < 4.78 is 39.0. The van der Waals surface area contributed by atoms with E-state index < -0.39 is 22.7 Å². The molecule has 1 amide bonds. The number of aliphatic hydroxyl groups excluding tert-OH is 1. The van der Waals surface area contributed by atoms with Crippen molar-refractivity contribution in [3.8, 4) is 11.8 Å². The molecule has 13 heteroatoms. The lowest BCUT2D eigenvalue weighted by atomic mass is 10.0. The summed E-state index contributed by atoms with van der Waals surface area (Å²) in [7, 11) is 0. The average molecular weight is 524 g/mol. The lowest BCUT2D eigenvalue weighted by Crippen LogP contribution is -2.13. The molecule has 3 aromatic heterocycles. The Morgan fingerprint density at radius 2 is 1.97 bits per heavy atom. The van der Waals surface area contributed by atoms with Crippen molar-refractivity contribution in [2.45, 2.75) is 31.9 Å². The van der Waals surface area contributed by atoms with Gasteiger partial charge < -0.3 is 10.4 Å². The van der Waals surface area contributed by atoms with E-state index in [0.29, 0.717) is 16.8 Å². The third-order valence-corrected chi connectivity index (χ3v) is 6.00. The second-order valence-electron chi connectivity index (χ2n) is 7.16. The Labute approximate surface area is 206 Å². The van der Waals surface area contributed by atoms with Crippen molar-refractivity contribution < 1.29 is 27.9 Å². The SMILES string of the molecule is C[C@H](CC(=O)c1cc(C#CCCO)ncn1)c1ncc(C(=O)Nc2cc(C(F)(F)F)c(Cl)cn2)s1. The Bertz CT molecular complexity index is 1300. The van der Waals surface area contributed by atoms with E-state index in [9.17, 15) is 22.8 Å². The highest BCUT2D eigenvalue weighted by atomic mass is 35.5. The normalized spacial score (nSPS) is 11.9. The van der Waals surface area contributed by atoms with E-state index in [1.54, 1.807) is 6.92 Å². The maximum absolute atomic E-state index is 13.0. The number of carbonyl (C=O) groups excluding carboxylic acids is 2. The van der Waals surface area contributed by atoms with Gasteiger partial charge in [0.2, 0.25) is 0 Å². The van der Waals surface area contributed by atoms with Gasteiger partial charge in [0, 0.05) is 31.0 Å². The number of alkyl halides is 3. The quantitative estimate of drug-likeness (QED) is 0.349. The van der Waals surface area contributed by atoms with E-state index in [-0.39, 0.29) is 47.5 Å². The number of rotatable bonds is 7. The Hall–Kier alpha value is -3.40. The van der Waals surface area contributed by atoms with Gasteiger partial charge in [0.05, 0.1) is 28.4 Å². The molecule has 1 atom stereocenters. The molecule has 182 valence electrons. The predicted molar refractivity (Wildman–Crippen MR) is 122 cm³/mol. The Morgan fingerprint density at radius 3 is 2.69 bits per heavy atom. The second-order valence-corrected chi connectivity index (χ2v) is 8.63. The number of carbonyl (C=O) groups is 2. The van der Waals surface area contributed by atoms with E-state index in [2.05, 4.69) is 37.1 Å². The van der Waals surface area contributed by atoms with Crippen LogP contribution >= 0.6 is 22.9 Å². The van der Waals surface area contributed by atoms with E-state index >= 15 is 0 Å². The molecule has 8 nitrogen and oxygen atoms in total. The van der Waals surface area contributed by atoms with Crippen molar-refractivity contribution in [2.75, 3.05) is 11.9 Å². The Morgan fingerprint density at radius 1 is 1.20 bits per heavy atom. The van der Waals surface area contributed by atoms with Gasteiger partial charge in [-0.1, -0.05) is 24.4 Å². The molecule has 2 N–H and O–H groups in total. The smallest absolute Gasteiger partial charge is 0.395 e. The van der Waals surface area contributed by atoms with Crippen molar-refractivity contribution >= 4 is 40.4 Å². The highest BCUT2D eigenvalue weighted by molar-refractivity contribution is 7.13. The maximum Gasteiger partial charge on any atom is 0.418 e. The topological polar surface area (TPSA) is 118 Å². The monoisotopic (exact) mass is 523 g/mol. The van der Waals surface area contributed by atoms with E-state index in [1.165, 1.54) is 18.6 Å². The molecule has 0 aliphatic rings. The molecule has 0 radical (unpaired) electrons. The number of ketones is 1. The number of nitrogens with zero attached hydrogens (tertiary/aromatic N) is 4. The van der Waals surface area contributed by atoms with Crippen LogP contribution in [0.15, 0.2) is 30.9 Å². The number of hydrogen-bond donors (Lipinski definition) is 2. The van der Waals surface area contributed by atoms with Crippen LogP contribution in [0.25, 0.3) is 0 Å². The zero-order valence-electron chi connectivity index (χ0n) is 18.1. The van der Waals surface area contributed by atoms with Crippen LogP contribution in [0.3, 0.4) is 0 Å². The summed E-state index contributed by atoms with van der Waals surface area (Å²) in [4.78, 5) is 41.1. The summed E-state index contributed by atoms with van der Waals surface area (Å²) >= 11 is 6.55. The van der Waals surface area contributed by atoms with Crippen LogP contribution in [-0.4, -0.2) is 43.3 Å². The van der Waals surface area contributed by atoms with Crippen LogP contribution in [0, 0.1) is 11.8 Å². The summed E-state index contributed by atoms with van der Waals surface area (Å²) in [6.07, 6.45) is -1.07. The summed E-state index contributed by atoms with van der Waals surface area (Å²) in [6, 6.07) is 2.10. The van der Waals surface area contributed by atoms with Gasteiger partial charge in [0.15, 0.2) is 5.78 Å².